The third kappa shape index (κ3) is 4.47. The minimum atomic E-state index is -0.479. The van der Waals surface area contributed by atoms with Crippen molar-refractivity contribution in [1.82, 2.24) is 15.0 Å². The van der Waals surface area contributed by atoms with E-state index in [4.69, 9.17) is 19.4 Å². The quantitative estimate of drug-likeness (QED) is 0.180. The van der Waals surface area contributed by atoms with Crippen molar-refractivity contribution in [2.24, 2.45) is 0 Å². The molecular weight excluding hydrogens is 659 g/mol. The lowest BCUT2D eigenvalue weighted by Crippen LogP contribution is -2.28. The van der Waals surface area contributed by atoms with Gasteiger partial charge in [-0.3, -0.25) is 0 Å². The summed E-state index contributed by atoms with van der Waals surface area (Å²) in [6.07, 6.45) is 0. The molecule has 1 aliphatic carbocycles. The molecule has 2 aromatic heterocycles. The van der Waals surface area contributed by atoms with Crippen molar-refractivity contribution < 1.29 is 4.42 Å². The molecule has 0 saturated carbocycles. The topological polar surface area (TPSA) is 51.8 Å². The van der Waals surface area contributed by atoms with Gasteiger partial charge >= 0.3 is 0 Å². The lowest BCUT2D eigenvalue weighted by atomic mass is 9.67. The fraction of sp³-hybridized carbons (Fsp3) is 0.0200. The largest absolute Gasteiger partial charge is 0.455 e. The van der Waals surface area contributed by atoms with Crippen LogP contribution in [0.15, 0.2) is 192 Å². The highest BCUT2D eigenvalue weighted by Gasteiger charge is 2.45. The monoisotopic (exact) mass is 689 g/mol. The number of benzene rings is 8. The first-order valence-corrected chi connectivity index (χ1v) is 18.3. The molecule has 0 atom stereocenters. The lowest BCUT2D eigenvalue weighted by Gasteiger charge is -2.34. The molecule has 252 valence electrons. The zero-order chi connectivity index (χ0) is 35.6. The number of rotatable bonds is 5. The summed E-state index contributed by atoms with van der Waals surface area (Å²) >= 11 is 0. The van der Waals surface area contributed by atoms with Crippen LogP contribution in [0.2, 0.25) is 0 Å². The number of para-hydroxylation sites is 1. The highest BCUT2D eigenvalue weighted by Crippen LogP contribution is 2.56. The van der Waals surface area contributed by atoms with Crippen molar-refractivity contribution in [3.05, 3.63) is 210 Å². The van der Waals surface area contributed by atoms with E-state index in [2.05, 4.69) is 146 Å². The van der Waals surface area contributed by atoms with Crippen molar-refractivity contribution in [2.45, 2.75) is 5.41 Å². The molecule has 2 heterocycles. The fourth-order valence-corrected chi connectivity index (χ4v) is 8.66. The van der Waals surface area contributed by atoms with Gasteiger partial charge in [0.1, 0.15) is 11.2 Å². The Morgan fingerprint density at radius 2 is 0.926 bits per heavy atom. The van der Waals surface area contributed by atoms with E-state index in [0.717, 1.165) is 49.4 Å². The van der Waals surface area contributed by atoms with Crippen LogP contribution in [0, 0.1) is 0 Å². The van der Waals surface area contributed by atoms with Gasteiger partial charge in [-0.2, -0.15) is 0 Å². The summed E-state index contributed by atoms with van der Waals surface area (Å²) < 4.78 is 6.54. The molecule has 0 spiro atoms. The van der Waals surface area contributed by atoms with Crippen molar-refractivity contribution >= 4 is 32.7 Å². The SMILES string of the molecule is c1ccc(-c2nc(-c3ccc(C4(c5ccccc5)c5ccccc5-c5ccccc54)cc3)nc(-c3cccc4ccc5c6ccccc6oc5c34)n2)cc1. The number of nitrogens with zero attached hydrogens (tertiary/aromatic N) is 3. The van der Waals surface area contributed by atoms with Crippen LogP contribution < -0.4 is 0 Å². The Morgan fingerprint density at radius 1 is 0.370 bits per heavy atom. The molecule has 0 saturated heterocycles. The van der Waals surface area contributed by atoms with E-state index in [1.54, 1.807) is 0 Å². The average molecular weight is 690 g/mol. The smallest absolute Gasteiger partial charge is 0.164 e. The van der Waals surface area contributed by atoms with Gasteiger partial charge in [-0.05, 0) is 50.9 Å². The summed E-state index contributed by atoms with van der Waals surface area (Å²) in [5.41, 5.74) is 11.5. The Labute approximate surface area is 312 Å². The molecule has 54 heavy (non-hydrogen) atoms. The van der Waals surface area contributed by atoms with Crippen LogP contribution in [-0.2, 0) is 5.41 Å². The van der Waals surface area contributed by atoms with E-state index in [9.17, 15) is 0 Å². The zero-order valence-corrected chi connectivity index (χ0v) is 29.1. The first kappa shape index (κ1) is 30.5. The van der Waals surface area contributed by atoms with Gasteiger partial charge in [-0.25, -0.2) is 15.0 Å². The van der Waals surface area contributed by atoms with Gasteiger partial charge in [0.25, 0.3) is 0 Å². The number of aromatic nitrogens is 3. The predicted molar refractivity (Wildman–Crippen MR) is 218 cm³/mol. The molecule has 0 fully saturated rings. The Morgan fingerprint density at radius 3 is 1.65 bits per heavy atom. The second-order valence-electron chi connectivity index (χ2n) is 13.9. The molecule has 8 aromatic carbocycles. The minimum absolute atomic E-state index is 0.479. The Kier molecular flexibility index (Phi) is 6.73. The number of furan rings is 1. The molecule has 10 aromatic rings. The van der Waals surface area contributed by atoms with E-state index in [-0.39, 0.29) is 0 Å². The number of hydrogen-bond acceptors (Lipinski definition) is 4. The molecule has 11 rings (SSSR count). The lowest BCUT2D eigenvalue weighted by molar-refractivity contribution is 0.672. The summed E-state index contributed by atoms with van der Waals surface area (Å²) in [6, 6.07) is 66.2. The van der Waals surface area contributed by atoms with Crippen LogP contribution in [0.4, 0.5) is 0 Å². The van der Waals surface area contributed by atoms with Gasteiger partial charge < -0.3 is 4.42 Å². The molecule has 0 aliphatic heterocycles. The van der Waals surface area contributed by atoms with E-state index in [1.807, 2.05) is 42.5 Å². The summed E-state index contributed by atoms with van der Waals surface area (Å²) in [6.45, 7) is 0. The van der Waals surface area contributed by atoms with Gasteiger partial charge in [0.2, 0.25) is 0 Å². The highest BCUT2D eigenvalue weighted by molar-refractivity contribution is 6.18. The Balaban J connectivity index is 1.12. The van der Waals surface area contributed by atoms with Crippen LogP contribution in [0.3, 0.4) is 0 Å². The highest BCUT2D eigenvalue weighted by atomic mass is 16.3. The average Bonchev–Trinajstić information content (AvgIpc) is 3.78. The van der Waals surface area contributed by atoms with Crippen LogP contribution in [0.5, 0.6) is 0 Å². The molecule has 0 bridgehead atoms. The fourth-order valence-electron chi connectivity index (χ4n) is 8.66. The van der Waals surface area contributed by atoms with E-state index >= 15 is 0 Å². The zero-order valence-electron chi connectivity index (χ0n) is 29.1. The normalized spacial score (nSPS) is 13.0. The Bertz CT molecular complexity index is 2990. The summed E-state index contributed by atoms with van der Waals surface area (Å²) in [5, 5.41) is 4.21. The van der Waals surface area contributed by atoms with Crippen LogP contribution in [0.25, 0.3) is 78.0 Å². The minimum Gasteiger partial charge on any atom is -0.455 e. The second kappa shape index (κ2) is 11.9. The molecule has 1 aliphatic rings. The first-order chi connectivity index (χ1) is 26.8. The third-order valence-electron chi connectivity index (χ3n) is 11.0. The Hall–Kier alpha value is -7.17. The molecule has 4 nitrogen and oxygen atoms in total. The maximum Gasteiger partial charge on any atom is 0.164 e. The first-order valence-electron chi connectivity index (χ1n) is 18.3. The molecule has 0 unspecified atom stereocenters. The standard InChI is InChI=1S/C50H31N3O/c1-3-14-33(15-4-1)47-51-48(53-49(52-47)41-22-13-16-32-28-31-40-39-21-9-12-25-44(39)54-46(40)45(32)41)34-26-29-36(30-27-34)50(35-17-5-2-6-18-35)42-23-10-7-19-37(42)38-20-8-11-24-43(38)50/h1-31H. The maximum atomic E-state index is 6.54. The summed E-state index contributed by atoms with van der Waals surface area (Å²) in [4.78, 5) is 15.5. The predicted octanol–water partition coefficient (Wildman–Crippen LogP) is 12.3. The van der Waals surface area contributed by atoms with Gasteiger partial charge in [0.15, 0.2) is 17.5 Å². The summed E-state index contributed by atoms with van der Waals surface area (Å²) in [7, 11) is 0. The van der Waals surface area contributed by atoms with E-state index < -0.39 is 5.41 Å². The molecule has 0 amide bonds. The summed E-state index contributed by atoms with van der Waals surface area (Å²) in [5.74, 6) is 1.83. The molecular formula is C50H31N3O. The van der Waals surface area contributed by atoms with Crippen LogP contribution in [-0.4, -0.2) is 15.0 Å². The van der Waals surface area contributed by atoms with Gasteiger partial charge in [-0.1, -0.05) is 176 Å². The van der Waals surface area contributed by atoms with E-state index in [1.165, 1.54) is 33.4 Å². The van der Waals surface area contributed by atoms with Crippen LogP contribution in [0.1, 0.15) is 22.3 Å². The van der Waals surface area contributed by atoms with Crippen LogP contribution >= 0.6 is 0 Å². The second-order valence-corrected chi connectivity index (χ2v) is 13.9. The van der Waals surface area contributed by atoms with Gasteiger partial charge in [-0.15, -0.1) is 0 Å². The molecule has 0 N–H and O–H groups in total. The van der Waals surface area contributed by atoms with Crippen molar-refractivity contribution in [3.8, 4) is 45.3 Å². The van der Waals surface area contributed by atoms with E-state index in [0.29, 0.717) is 17.5 Å². The maximum absolute atomic E-state index is 6.54. The van der Waals surface area contributed by atoms with Gasteiger partial charge in [0.05, 0.1) is 5.41 Å². The van der Waals surface area contributed by atoms with Crippen molar-refractivity contribution in [1.29, 1.82) is 0 Å². The number of hydrogen-bond donors (Lipinski definition) is 0. The van der Waals surface area contributed by atoms with Crippen molar-refractivity contribution in [2.75, 3.05) is 0 Å². The van der Waals surface area contributed by atoms with Crippen molar-refractivity contribution in [3.63, 3.8) is 0 Å². The third-order valence-corrected chi connectivity index (χ3v) is 11.0. The molecule has 0 radical (unpaired) electrons. The molecule has 4 heteroatoms. The number of fused-ring (bicyclic) bond motifs is 8. The van der Waals surface area contributed by atoms with Gasteiger partial charge in [0, 0.05) is 32.8 Å².